The zero-order valence-electron chi connectivity index (χ0n) is 22.8. The summed E-state index contributed by atoms with van der Waals surface area (Å²) in [6, 6.07) is 9.86. The van der Waals surface area contributed by atoms with Crippen LogP contribution in [-0.2, 0) is 20.9 Å². The number of hydrogen-bond acceptors (Lipinski definition) is 6. The molecule has 1 spiro atoms. The zero-order chi connectivity index (χ0) is 27.2. The molecule has 4 aliphatic rings. The van der Waals surface area contributed by atoms with Gasteiger partial charge in [-0.1, -0.05) is 44.2 Å². The molecular weight excluding hydrogens is 496 g/mol. The number of carbonyl (C=O) groups excluding carboxylic acids is 3. The molecule has 2 aromatic rings. The highest BCUT2D eigenvalue weighted by Crippen LogP contribution is 2.54. The van der Waals surface area contributed by atoms with Crippen LogP contribution in [0.4, 0.5) is 0 Å². The van der Waals surface area contributed by atoms with Gasteiger partial charge >= 0.3 is 0 Å². The van der Waals surface area contributed by atoms with Gasteiger partial charge in [0.2, 0.25) is 11.8 Å². The van der Waals surface area contributed by atoms with Gasteiger partial charge in [-0.2, -0.15) is 5.10 Å². The normalized spacial score (nSPS) is 27.1. The standard InChI is InChI=1S/C29H38N6O4/c1-28(2)10-23(28)27(38)34-18-29(19-34)17-33(15-24(29)25(36)32-22-12-30-8-9-39-16-22)26(37)21-11-31-35(14-21)13-20-6-4-3-5-7-20/h3-7,11,14,22-24,30H,8-10,12-13,15-19H2,1-2H3,(H,32,36)/t22?,23-,24?/m1/s1. The fraction of sp³-hybridized carbons (Fsp3) is 0.586. The number of ether oxygens (including phenoxy) is 1. The van der Waals surface area contributed by atoms with Crippen molar-refractivity contribution in [3.8, 4) is 0 Å². The Morgan fingerprint density at radius 3 is 2.59 bits per heavy atom. The summed E-state index contributed by atoms with van der Waals surface area (Å²) in [6.45, 7) is 9.10. The molecule has 0 bridgehead atoms. The van der Waals surface area contributed by atoms with Gasteiger partial charge in [0.1, 0.15) is 0 Å². The van der Waals surface area contributed by atoms with Gasteiger partial charge in [0.05, 0.1) is 43.5 Å². The summed E-state index contributed by atoms with van der Waals surface area (Å²) in [6.07, 6.45) is 4.28. The highest BCUT2D eigenvalue weighted by Gasteiger charge is 2.61. The number of benzene rings is 1. The minimum Gasteiger partial charge on any atom is -0.378 e. The molecule has 1 saturated carbocycles. The summed E-state index contributed by atoms with van der Waals surface area (Å²) in [5.74, 6) is -0.345. The molecule has 3 amide bonds. The Bertz CT molecular complexity index is 1230. The van der Waals surface area contributed by atoms with E-state index < -0.39 is 5.41 Å². The van der Waals surface area contributed by atoms with Crippen molar-refractivity contribution in [1.82, 2.24) is 30.2 Å². The number of nitrogens with zero attached hydrogens (tertiary/aromatic N) is 4. The van der Waals surface area contributed by atoms with E-state index in [1.807, 2.05) is 35.2 Å². The first-order chi connectivity index (χ1) is 18.7. The Hall–Kier alpha value is -3.24. The van der Waals surface area contributed by atoms with Crippen LogP contribution in [0.15, 0.2) is 42.7 Å². The molecule has 10 nitrogen and oxygen atoms in total. The average molecular weight is 535 g/mol. The monoisotopic (exact) mass is 534 g/mol. The van der Waals surface area contributed by atoms with Gasteiger partial charge in [0.25, 0.3) is 5.91 Å². The van der Waals surface area contributed by atoms with Crippen LogP contribution < -0.4 is 10.6 Å². The van der Waals surface area contributed by atoms with E-state index in [0.29, 0.717) is 58.0 Å². The predicted octanol–water partition coefficient (Wildman–Crippen LogP) is 0.983. The van der Waals surface area contributed by atoms with Crippen LogP contribution in [0.5, 0.6) is 0 Å². The van der Waals surface area contributed by atoms with Crippen LogP contribution in [0.1, 0.15) is 36.2 Å². The third-order valence-corrected chi connectivity index (χ3v) is 8.93. The lowest BCUT2D eigenvalue weighted by Gasteiger charge is -2.50. The maximum atomic E-state index is 13.6. The van der Waals surface area contributed by atoms with E-state index in [9.17, 15) is 14.4 Å². The quantitative estimate of drug-likeness (QED) is 0.572. The van der Waals surface area contributed by atoms with Crippen LogP contribution in [0.2, 0.25) is 0 Å². The average Bonchev–Trinajstić information content (AvgIpc) is 3.19. The second-order valence-electron chi connectivity index (χ2n) is 12.4. The Morgan fingerprint density at radius 1 is 1.10 bits per heavy atom. The molecule has 3 atom stereocenters. The number of amides is 3. The molecule has 208 valence electrons. The summed E-state index contributed by atoms with van der Waals surface area (Å²) >= 11 is 0. The third-order valence-electron chi connectivity index (χ3n) is 8.93. The molecule has 2 N–H and O–H groups in total. The molecule has 6 rings (SSSR count). The molecule has 10 heteroatoms. The van der Waals surface area contributed by atoms with Gasteiger partial charge in [0, 0.05) is 56.8 Å². The Morgan fingerprint density at radius 2 is 1.85 bits per heavy atom. The summed E-state index contributed by atoms with van der Waals surface area (Å²) in [5.41, 5.74) is 1.23. The second-order valence-corrected chi connectivity index (χ2v) is 12.4. The summed E-state index contributed by atoms with van der Waals surface area (Å²) < 4.78 is 7.39. The van der Waals surface area contributed by atoms with Crippen LogP contribution in [0.25, 0.3) is 0 Å². The van der Waals surface area contributed by atoms with E-state index in [1.165, 1.54) is 0 Å². The third kappa shape index (κ3) is 5.19. The van der Waals surface area contributed by atoms with E-state index >= 15 is 0 Å². The minimum atomic E-state index is -0.437. The smallest absolute Gasteiger partial charge is 0.257 e. The number of carbonyl (C=O) groups is 3. The van der Waals surface area contributed by atoms with Crippen LogP contribution >= 0.6 is 0 Å². The van der Waals surface area contributed by atoms with E-state index in [-0.39, 0.29) is 41.0 Å². The molecule has 2 unspecified atom stereocenters. The molecule has 1 aromatic carbocycles. The topological polar surface area (TPSA) is 109 Å². The lowest BCUT2D eigenvalue weighted by Crippen LogP contribution is -2.65. The van der Waals surface area contributed by atoms with Crippen molar-refractivity contribution in [3.05, 3.63) is 53.9 Å². The maximum Gasteiger partial charge on any atom is 0.257 e. The minimum absolute atomic E-state index is 0.0562. The number of hydrogen-bond donors (Lipinski definition) is 2. The van der Waals surface area contributed by atoms with Crippen molar-refractivity contribution in [3.63, 3.8) is 0 Å². The first-order valence-corrected chi connectivity index (χ1v) is 14.0. The van der Waals surface area contributed by atoms with E-state index in [4.69, 9.17) is 4.74 Å². The van der Waals surface area contributed by atoms with Crippen molar-refractivity contribution in [2.45, 2.75) is 32.9 Å². The summed E-state index contributed by atoms with van der Waals surface area (Å²) in [7, 11) is 0. The van der Waals surface area contributed by atoms with Gasteiger partial charge in [-0.25, -0.2) is 0 Å². The molecule has 3 aliphatic heterocycles. The lowest BCUT2D eigenvalue weighted by atomic mass is 9.70. The van der Waals surface area contributed by atoms with E-state index in [2.05, 4.69) is 29.6 Å². The van der Waals surface area contributed by atoms with Crippen LogP contribution in [0.3, 0.4) is 0 Å². The maximum absolute atomic E-state index is 13.6. The van der Waals surface area contributed by atoms with Crippen molar-refractivity contribution in [2.75, 3.05) is 52.5 Å². The van der Waals surface area contributed by atoms with E-state index in [1.54, 1.807) is 22.0 Å². The lowest BCUT2D eigenvalue weighted by molar-refractivity contribution is -0.151. The van der Waals surface area contributed by atoms with Crippen molar-refractivity contribution in [2.24, 2.45) is 22.7 Å². The SMILES string of the molecule is CC1(C)C[C@@H]1C(=O)N1CC2(CN(C(=O)c3cnn(Cc4ccccc4)c3)CC2C(=O)NC2CNCCOC2)C1. The van der Waals surface area contributed by atoms with Gasteiger partial charge in [-0.15, -0.1) is 0 Å². The Balaban J connectivity index is 1.16. The highest BCUT2D eigenvalue weighted by atomic mass is 16.5. The summed E-state index contributed by atoms with van der Waals surface area (Å²) in [5, 5.41) is 10.9. The van der Waals surface area contributed by atoms with Gasteiger partial charge < -0.3 is 25.2 Å². The first kappa shape index (κ1) is 26.0. The van der Waals surface area contributed by atoms with Crippen molar-refractivity contribution >= 4 is 17.7 Å². The van der Waals surface area contributed by atoms with E-state index in [0.717, 1.165) is 18.5 Å². The van der Waals surface area contributed by atoms with Gasteiger partial charge in [0.15, 0.2) is 0 Å². The number of nitrogens with one attached hydrogen (secondary N) is 2. The van der Waals surface area contributed by atoms with Crippen LogP contribution in [0, 0.1) is 22.7 Å². The fourth-order valence-electron chi connectivity index (χ4n) is 6.40. The van der Waals surface area contributed by atoms with Crippen LogP contribution in [-0.4, -0.2) is 95.8 Å². The number of rotatable bonds is 6. The summed E-state index contributed by atoms with van der Waals surface area (Å²) in [4.78, 5) is 44.0. The molecule has 39 heavy (non-hydrogen) atoms. The number of aromatic nitrogens is 2. The zero-order valence-corrected chi connectivity index (χ0v) is 22.8. The van der Waals surface area contributed by atoms with Crippen molar-refractivity contribution in [1.29, 1.82) is 0 Å². The highest BCUT2D eigenvalue weighted by molar-refractivity contribution is 5.95. The largest absolute Gasteiger partial charge is 0.378 e. The molecule has 4 heterocycles. The van der Waals surface area contributed by atoms with Gasteiger partial charge in [-0.05, 0) is 17.4 Å². The number of likely N-dealkylation sites (tertiary alicyclic amines) is 2. The molecule has 3 saturated heterocycles. The fourth-order valence-corrected chi connectivity index (χ4v) is 6.40. The second kappa shape index (κ2) is 10.1. The van der Waals surface area contributed by atoms with Gasteiger partial charge in [-0.3, -0.25) is 19.1 Å². The Kier molecular flexibility index (Phi) is 6.71. The Labute approximate surface area is 229 Å². The first-order valence-electron chi connectivity index (χ1n) is 14.0. The molecule has 1 aliphatic carbocycles. The van der Waals surface area contributed by atoms with Crippen molar-refractivity contribution < 1.29 is 19.1 Å². The molecule has 1 aromatic heterocycles. The molecular formula is C29H38N6O4. The molecule has 0 radical (unpaired) electrons. The molecule has 4 fully saturated rings. The predicted molar refractivity (Wildman–Crippen MR) is 144 cm³/mol.